The van der Waals surface area contributed by atoms with Crippen molar-refractivity contribution in [3.8, 4) is 0 Å². The third kappa shape index (κ3) is 6.36. The molecule has 1 aromatic carbocycles. The molecule has 0 unspecified atom stereocenters. The molecule has 0 radical (unpaired) electrons. The van der Waals surface area contributed by atoms with Gasteiger partial charge in [0.2, 0.25) is 0 Å². The molecule has 1 heterocycles. The first-order valence-corrected chi connectivity index (χ1v) is 9.30. The molecule has 0 saturated heterocycles. The number of nitrogens with zero attached hydrogens (tertiary/aromatic N) is 2. The van der Waals surface area contributed by atoms with Crippen LogP contribution >= 0.6 is 22.9 Å². The van der Waals surface area contributed by atoms with Crippen LogP contribution in [0.25, 0.3) is 0 Å². The molecule has 0 aliphatic heterocycles. The van der Waals surface area contributed by atoms with E-state index in [-0.39, 0.29) is 5.91 Å². The van der Waals surface area contributed by atoms with E-state index in [0.717, 1.165) is 17.8 Å². The fourth-order valence-electron chi connectivity index (χ4n) is 2.10. The lowest BCUT2D eigenvalue weighted by molar-refractivity contribution is 0.0957. The van der Waals surface area contributed by atoms with Gasteiger partial charge >= 0.3 is 0 Å². The van der Waals surface area contributed by atoms with Crippen LogP contribution < -0.4 is 16.0 Å². The van der Waals surface area contributed by atoms with Crippen molar-refractivity contribution >= 4 is 34.8 Å². The largest absolute Gasteiger partial charge is 0.357 e. The molecule has 6 nitrogen and oxygen atoms in total. The summed E-state index contributed by atoms with van der Waals surface area (Å²) in [5.41, 5.74) is 3.47. The number of thiazole rings is 1. The number of carbonyl (C=O) groups is 1. The van der Waals surface area contributed by atoms with E-state index >= 15 is 0 Å². The summed E-state index contributed by atoms with van der Waals surface area (Å²) in [5.74, 6) is 0.605. The Morgan fingerprint density at radius 3 is 2.76 bits per heavy atom. The van der Waals surface area contributed by atoms with Gasteiger partial charge in [0.15, 0.2) is 5.96 Å². The average molecular weight is 380 g/mol. The summed E-state index contributed by atoms with van der Waals surface area (Å²) in [6.07, 6.45) is 0. The van der Waals surface area contributed by atoms with Crippen molar-refractivity contribution in [3.63, 3.8) is 0 Å². The first-order chi connectivity index (χ1) is 12.1. The van der Waals surface area contributed by atoms with E-state index < -0.39 is 0 Å². The number of hydrogen-bond acceptors (Lipinski definition) is 4. The summed E-state index contributed by atoms with van der Waals surface area (Å²) in [7, 11) is 0. The minimum Gasteiger partial charge on any atom is -0.357 e. The number of carbonyl (C=O) groups excluding carboxylic acids is 1. The van der Waals surface area contributed by atoms with Crippen LogP contribution in [0.15, 0.2) is 34.8 Å². The lowest BCUT2D eigenvalue weighted by Crippen LogP contribution is -2.41. The molecule has 1 amide bonds. The molecule has 3 N–H and O–H groups in total. The van der Waals surface area contributed by atoms with Gasteiger partial charge in [-0.3, -0.25) is 4.79 Å². The Bertz CT molecular complexity index is 731. The normalized spacial score (nSPS) is 11.2. The number of hydrogen-bond donors (Lipinski definition) is 3. The van der Waals surface area contributed by atoms with Gasteiger partial charge in [-0.15, -0.1) is 11.3 Å². The van der Waals surface area contributed by atoms with Crippen molar-refractivity contribution in [2.45, 2.75) is 20.4 Å². The summed E-state index contributed by atoms with van der Waals surface area (Å²) in [6.45, 7) is 6.19. The molecule has 1 aromatic heterocycles. The highest BCUT2D eigenvalue weighted by molar-refractivity contribution is 7.11. The van der Waals surface area contributed by atoms with Crippen molar-refractivity contribution in [2.75, 3.05) is 19.6 Å². The van der Waals surface area contributed by atoms with Crippen LogP contribution in [0.3, 0.4) is 0 Å². The number of amides is 1. The third-order valence-corrected chi connectivity index (χ3v) is 4.47. The van der Waals surface area contributed by atoms with Crippen LogP contribution in [0.5, 0.6) is 0 Å². The molecule has 0 atom stereocenters. The predicted octanol–water partition coefficient (Wildman–Crippen LogP) is 2.59. The fourth-order valence-corrected chi connectivity index (χ4v) is 3.04. The van der Waals surface area contributed by atoms with Gasteiger partial charge in [0.05, 0.1) is 17.7 Å². The van der Waals surface area contributed by atoms with E-state index in [0.29, 0.717) is 35.5 Å². The lowest BCUT2D eigenvalue weighted by Gasteiger charge is -2.12. The summed E-state index contributed by atoms with van der Waals surface area (Å²) in [5, 5.41) is 9.95. The van der Waals surface area contributed by atoms with E-state index in [2.05, 4.69) is 25.9 Å². The van der Waals surface area contributed by atoms with Crippen LogP contribution in [0.1, 0.15) is 27.9 Å². The zero-order valence-corrected chi connectivity index (χ0v) is 15.9. The van der Waals surface area contributed by atoms with Crippen LogP contribution in [-0.4, -0.2) is 36.5 Å². The molecule has 25 heavy (non-hydrogen) atoms. The topological polar surface area (TPSA) is 78.4 Å². The number of aryl methyl sites for hydroxylation is 1. The molecule has 134 valence electrons. The van der Waals surface area contributed by atoms with Crippen molar-refractivity contribution in [3.05, 3.63) is 50.9 Å². The Labute approximate surface area is 156 Å². The quantitative estimate of drug-likeness (QED) is 0.392. The fraction of sp³-hybridized carbons (Fsp3) is 0.353. The molecule has 0 bridgehead atoms. The van der Waals surface area contributed by atoms with E-state index in [1.54, 1.807) is 5.51 Å². The molecule has 2 rings (SSSR count). The molecule has 2 aromatic rings. The average Bonchev–Trinajstić information content (AvgIpc) is 3.02. The number of nitrogens with one attached hydrogen (secondary N) is 3. The van der Waals surface area contributed by atoms with Crippen LogP contribution in [0.4, 0.5) is 0 Å². The number of halogens is 1. The summed E-state index contributed by atoms with van der Waals surface area (Å²) < 4.78 is 0. The van der Waals surface area contributed by atoms with Gasteiger partial charge in [-0.05, 0) is 31.5 Å². The third-order valence-electron chi connectivity index (χ3n) is 3.31. The Balaban J connectivity index is 1.80. The predicted molar refractivity (Wildman–Crippen MR) is 103 cm³/mol. The van der Waals surface area contributed by atoms with E-state index in [4.69, 9.17) is 11.6 Å². The highest BCUT2D eigenvalue weighted by Gasteiger charge is 2.10. The molecule has 8 heteroatoms. The number of guanidine groups is 1. The summed E-state index contributed by atoms with van der Waals surface area (Å²) in [4.78, 5) is 21.3. The zero-order valence-electron chi connectivity index (χ0n) is 14.3. The molecule has 0 spiro atoms. The van der Waals surface area contributed by atoms with Gasteiger partial charge in [0.1, 0.15) is 4.88 Å². The van der Waals surface area contributed by atoms with Crippen molar-refractivity contribution < 1.29 is 4.79 Å². The van der Waals surface area contributed by atoms with Crippen LogP contribution in [-0.2, 0) is 6.54 Å². The van der Waals surface area contributed by atoms with Gasteiger partial charge in [-0.25, -0.2) is 9.98 Å². The molecule has 0 saturated carbocycles. The molecule has 0 aliphatic carbocycles. The van der Waals surface area contributed by atoms with E-state index in [9.17, 15) is 4.79 Å². The highest BCUT2D eigenvalue weighted by Crippen LogP contribution is 2.12. The second-order valence-corrected chi connectivity index (χ2v) is 6.57. The molecular formula is C17H22ClN5OS. The molecular weight excluding hydrogens is 358 g/mol. The van der Waals surface area contributed by atoms with Crippen molar-refractivity contribution in [1.29, 1.82) is 0 Å². The molecule has 0 fully saturated rings. The first-order valence-electron chi connectivity index (χ1n) is 8.05. The minimum atomic E-state index is -0.0948. The highest BCUT2D eigenvalue weighted by atomic mass is 35.5. The number of benzene rings is 1. The van der Waals surface area contributed by atoms with E-state index in [1.807, 2.05) is 38.1 Å². The number of aromatic nitrogens is 1. The van der Waals surface area contributed by atoms with Gasteiger partial charge in [0.25, 0.3) is 5.91 Å². The van der Waals surface area contributed by atoms with Gasteiger partial charge in [-0.2, -0.15) is 0 Å². The first kappa shape index (κ1) is 19.2. The molecule has 0 aliphatic rings. The van der Waals surface area contributed by atoms with E-state index in [1.165, 1.54) is 11.3 Å². The Hall–Kier alpha value is -2.12. The minimum absolute atomic E-state index is 0.0948. The Kier molecular flexibility index (Phi) is 7.69. The van der Waals surface area contributed by atoms with Gasteiger partial charge in [0, 0.05) is 24.7 Å². The lowest BCUT2D eigenvalue weighted by atomic mass is 10.2. The number of rotatable bonds is 7. The zero-order chi connectivity index (χ0) is 18.1. The number of aliphatic imine (C=N–C) groups is 1. The summed E-state index contributed by atoms with van der Waals surface area (Å²) in [6, 6.07) is 7.62. The maximum atomic E-state index is 12.0. The van der Waals surface area contributed by atoms with Crippen LogP contribution in [0.2, 0.25) is 5.02 Å². The maximum absolute atomic E-state index is 12.0. The van der Waals surface area contributed by atoms with Crippen molar-refractivity contribution in [2.24, 2.45) is 4.99 Å². The van der Waals surface area contributed by atoms with Crippen molar-refractivity contribution in [1.82, 2.24) is 20.9 Å². The standard InChI is InChI=1S/C17H22ClN5OS/c1-3-19-17(22-10-13-5-4-6-14(18)9-13)21-8-7-20-16(24)15-12(2)23-11-25-15/h4-6,9,11H,3,7-8,10H2,1-2H3,(H,20,24)(H2,19,21,22). The smallest absolute Gasteiger partial charge is 0.263 e. The van der Waals surface area contributed by atoms with Crippen LogP contribution in [0, 0.1) is 6.92 Å². The Morgan fingerprint density at radius 2 is 2.08 bits per heavy atom. The summed E-state index contributed by atoms with van der Waals surface area (Å²) >= 11 is 7.33. The second-order valence-electron chi connectivity index (χ2n) is 5.27. The van der Waals surface area contributed by atoms with Gasteiger partial charge in [-0.1, -0.05) is 23.7 Å². The van der Waals surface area contributed by atoms with Gasteiger partial charge < -0.3 is 16.0 Å². The SMILES string of the molecule is CCNC(=NCc1cccc(Cl)c1)NCCNC(=O)c1scnc1C. The second kappa shape index (κ2) is 10.0. The maximum Gasteiger partial charge on any atom is 0.263 e. The Morgan fingerprint density at radius 1 is 1.28 bits per heavy atom. The monoisotopic (exact) mass is 379 g/mol.